The Labute approximate surface area is 283 Å². The fourth-order valence-electron chi connectivity index (χ4n) is 2.85. The van der Waals surface area contributed by atoms with Gasteiger partial charge in [0.25, 0.3) is 0 Å². The summed E-state index contributed by atoms with van der Waals surface area (Å²) in [6, 6.07) is 3.21. The smallest absolute Gasteiger partial charge is 0.176 e. The Morgan fingerprint density at radius 3 is 1.72 bits per heavy atom. The van der Waals surface area contributed by atoms with Crippen molar-refractivity contribution in [1.29, 1.82) is 0 Å². The Bertz CT molecular complexity index is 1130. The molecule has 0 radical (unpaired) electrons. The van der Waals surface area contributed by atoms with Gasteiger partial charge in [-0.1, -0.05) is 94.7 Å². The highest BCUT2D eigenvalue weighted by Gasteiger charge is 2.29. The van der Waals surface area contributed by atoms with Crippen LogP contribution in [0.5, 0.6) is 0 Å². The Morgan fingerprint density at radius 1 is 0.953 bits per heavy atom. The van der Waals surface area contributed by atoms with Crippen LogP contribution in [0.1, 0.15) is 79.9 Å². The molecule has 0 amide bonds. The van der Waals surface area contributed by atoms with Gasteiger partial charge in [0.2, 0.25) is 0 Å². The van der Waals surface area contributed by atoms with Crippen molar-refractivity contribution in [3.8, 4) is 0 Å². The molecule has 13 heteroatoms. The zero-order valence-corrected chi connectivity index (χ0v) is 30.4. The molecule has 0 unspecified atom stereocenters. The zero-order valence-electron chi connectivity index (χ0n) is 26.6. The number of halogens is 5. The highest BCUT2D eigenvalue weighted by Crippen LogP contribution is 2.28. The van der Waals surface area contributed by atoms with Crippen LogP contribution in [-0.2, 0) is 9.57 Å². The number of oxime groups is 2. The molecule has 0 spiro atoms. The number of aromatic nitrogens is 2. The summed E-state index contributed by atoms with van der Waals surface area (Å²) in [5.41, 5.74) is 3.04. The Kier molecular flexibility index (Phi) is 24.9. The third kappa shape index (κ3) is 20.8. The van der Waals surface area contributed by atoms with Crippen LogP contribution in [0.3, 0.4) is 0 Å². The molecule has 0 saturated heterocycles. The first-order valence-corrected chi connectivity index (χ1v) is 15.7. The molecular formula is C30H46Cl5N5O3. The summed E-state index contributed by atoms with van der Waals surface area (Å²) in [4.78, 5) is 15.3. The summed E-state index contributed by atoms with van der Waals surface area (Å²) in [5, 5.41) is 16.2. The number of pyridine rings is 2. The van der Waals surface area contributed by atoms with E-state index >= 15 is 0 Å². The summed E-state index contributed by atoms with van der Waals surface area (Å²) >= 11 is 28.2. The van der Waals surface area contributed by atoms with Gasteiger partial charge >= 0.3 is 0 Å². The molecule has 0 bridgehead atoms. The van der Waals surface area contributed by atoms with Gasteiger partial charge in [0, 0.05) is 43.2 Å². The van der Waals surface area contributed by atoms with E-state index in [4.69, 9.17) is 72.8 Å². The largest absolute Gasteiger partial charge is 0.410 e. The van der Waals surface area contributed by atoms with Gasteiger partial charge in [0.05, 0.1) is 15.8 Å². The summed E-state index contributed by atoms with van der Waals surface area (Å²) in [7, 11) is 0. The maximum absolute atomic E-state index is 8.30. The minimum atomic E-state index is -0.249. The molecule has 0 aromatic carbocycles. The van der Waals surface area contributed by atoms with Gasteiger partial charge in [0.15, 0.2) is 5.17 Å². The number of hydrogen-bond acceptors (Lipinski definition) is 8. The van der Waals surface area contributed by atoms with Crippen LogP contribution in [-0.4, -0.2) is 69.4 Å². The van der Waals surface area contributed by atoms with Crippen molar-refractivity contribution in [3.63, 3.8) is 0 Å². The molecule has 2 aromatic rings. The summed E-state index contributed by atoms with van der Waals surface area (Å²) in [6.07, 6.45) is 3.75. The van der Waals surface area contributed by atoms with Crippen molar-refractivity contribution in [2.75, 3.05) is 32.8 Å². The number of rotatable bonds is 7. The molecule has 43 heavy (non-hydrogen) atoms. The summed E-state index contributed by atoms with van der Waals surface area (Å²) in [6.45, 7) is 27.3. The van der Waals surface area contributed by atoms with Crippen LogP contribution in [0, 0.1) is 0 Å². The number of nitrogens with zero attached hydrogens (tertiary/aromatic N) is 5. The molecule has 1 N–H and O–H groups in total. The van der Waals surface area contributed by atoms with E-state index in [-0.39, 0.29) is 20.9 Å². The second kappa shape index (κ2) is 24.6. The highest BCUT2D eigenvalue weighted by molar-refractivity contribution is 6.69. The molecule has 2 aromatic heterocycles. The maximum atomic E-state index is 8.30. The lowest BCUT2D eigenvalue weighted by molar-refractivity contribution is 0.0123. The fourth-order valence-corrected chi connectivity index (χ4v) is 3.49. The monoisotopic (exact) mass is 699 g/mol. The second-order valence-electron chi connectivity index (χ2n) is 9.56. The topological polar surface area (TPSA) is 92.4 Å². The van der Waals surface area contributed by atoms with Crippen LogP contribution < -0.4 is 0 Å². The summed E-state index contributed by atoms with van der Waals surface area (Å²) < 4.78 is 4.83. The van der Waals surface area contributed by atoms with E-state index in [0.717, 1.165) is 30.9 Å². The lowest BCUT2D eigenvalue weighted by Crippen LogP contribution is -2.21. The predicted molar refractivity (Wildman–Crippen MR) is 185 cm³/mol. The molecule has 1 aliphatic rings. The van der Waals surface area contributed by atoms with E-state index in [2.05, 4.69) is 52.5 Å². The van der Waals surface area contributed by atoms with Gasteiger partial charge in [-0.3, -0.25) is 0 Å². The molecule has 0 aliphatic carbocycles. The number of hydrogen-bond donors (Lipinski definition) is 1. The van der Waals surface area contributed by atoms with Gasteiger partial charge in [0.1, 0.15) is 15.9 Å². The lowest BCUT2D eigenvalue weighted by atomic mass is 9.99. The van der Waals surface area contributed by atoms with Gasteiger partial charge in [-0.15, -0.1) is 6.58 Å². The van der Waals surface area contributed by atoms with E-state index in [1.165, 1.54) is 37.5 Å². The molecule has 0 atom stereocenters. The maximum Gasteiger partial charge on any atom is 0.176 e. The Morgan fingerprint density at radius 2 is 1.42 bits per heavy atom. The molecule has 8 nitrogen and oxygen atoms in total. The first-order chi connectivity index (χ1) is 20.1. The van der Waals surface area contributed by atoms with Gasteiger partial charge in [-0.2, -0.15) is 0 Å². The molecule has 3 rings (SSSR count). The predicted octanol–water partition coefficient (Wildman–Crippen LogP) is 10.0. The lowest BCUT2D eigenvalue weighted by Gasteiger charge is -2.13. The van der Waals surface area contributed by atoms with Crippen molar-refractivity contribution in [2.24, 2.45) is 10.3 Å². The quantitative estimate of drug-likeness (QED) is 0.102. The van der Waals surface area contributed by atoms with E-state index in [0.29, 0.717) is 15.7 Å². The third-order valence-electron chi connectivity index (χ3n) is 5.00. The highest BCUT2D eigenvalue weighted by atomic mass is 35.5. The average molecular weight is 702 g/mol. The van der Waals surface area contributed by atoms with Crippen LogP contribution in [0.4, 0.5) is 0 Å². The van der Waals surface area contributed by atoms with E-state index < -0.39 is 0 Å². The molecule has 1 aliphatic heterocycles. The molecule has 3 heterocycles. The molecule has 0 fully saturated rings. The molecule has 244 valence electrons. The van der Waals surface area contributed by atoms with Crippen molar-refractivity contribution < 1.29 is 14.8 Å². The fraction of sp³-hybridized carbons (Fsp3) is 0.533. The first-order valence-electron chi connectivity index (χ1n) is 13.8. The Balaban J connectivity index is 0. The number of allylic oxidation sites excluding steroid dienone is 1. The average Bonchev–Trinajstić information content (AvgIpc) is 3.33. The van der Waals surface area contributed by atoms with Crippen LogP contribution in [0.25, 0.3) is 0 Å². The van der Waals surface area contributed by atoms with E-state index in [1.54, 1.807) is 12.3 Å². The van der Waals surface area contributed by atoms with Crippen molar-refractivity contribution in [1.82, 2.24) is 14.9 Å². The normalized spacial score (nSPS) is 13.0. The standard InChI is InChI=1S/C10H10Cl2N2O.C6H3Cl3N2O.C6H15N.C4H10O.C4H8/c1-10(2)4-8(14-15-10)6-3-7(11)9(12)13-5-6;7-4-1-3(5(8)11-12)2-10-6(4)9;1-4-7(5-2)6-3;1-3-5-4-2;1-4(2)3/h3,5H,4H2,1-2H3;1-2,12H;4-6H2,1-3H3;3-4H2,1-2H3;1H2,2-3H3/b;11-5+;;;. The summed E-state index contributed by atoms with van der Waals surface area (Å²) in [5.74, 6) is 0. The van der Waals surface area contributed by atoms with Gasteiger partial charge in [-0.25, -0.2) is 9.97 Å². The van der Waals surface area contributed by atoms with Gasteiger partial charge in [-0.05, 0) is 73.3 Å². The van der Waals surface area contributed by atoms with Crippen LogP contribution in [0.15, 0.2) is 47.0 Å². The zero-order chi connectivity index (χ0) is 33.6. The number of ether oxygens (including phenoxy) is 1. The van der Waals surface area contributed by atoms with E-state index in [1.807, 2.05) is 41.5 Å². The minimum absolute atomic E-state index is 0.0823. The van der Waals surface area contributed by atoms with Crippen molar-refractivity contribution in [2.45, 2.75) is 74.3 Å². The SMILES string of the molecule is C=C(C)C.CC1(C)CC(c2cnc(Cl)c(Cl)c2)=NO1.CCN(CC)CC.CCOCC.O/N=C(/Cl)c1cnc(Cl)c(Cl)c1. The molecule has 0 saturated carbocycles. The van der Waals surface area contributed by atoms with Crippen LogP contribution in [0.2, 0.25) is 20.4 Å². The first kappa shape index (κ1) is 43.5. The minimum Gasteiger partial charge on any atom is -0.410 e. The van der Waals surface area contributed by atoms with Gasteiger partial charge < -0.3 is 19.7 Å². The second-order valence-corrected chi connectivity index (χ2v) is 11.4. The molecular weight excluding hydrogens is 656 g/mol. The third-order valence-corrected chi connectivity index (χ3v) is 6.66. The van der Waals surface area contributed by atoms with E-state index in [9.17, 15) is 0 Å². The van der Waals surface area contributed by atoms with Crippen LogP contribution >= 0.6 is 58.0 Å². The van der Waals surface area contributed by atoms with Crippen molar-refractivity contribution in [3.05, 3.63) is 68.2 Å². The van der Waals surface area contributed by atoms with Crippen molar-refractivity contribution >= 4 is 68.9 Å². The Hall–Kier alpha value is -1.65.